The first-order chi connectivity index (χ1) is 7.15. The van der Waals surface area contributed by atoms with Gasteiger partial charge >= 0.3 is 0 Å². The molecule has 0 fully saturated rings. The van der Waals surface area contributed by atoms with Crippen LogP contribution < -0.4 is 0 Å². The summed E-state index contributed by atoms with van der Waals surface area (Å²) in [5, 5.41) is 10.1. The standard InChI is InChI=1S/C12H12ClFO/c1-2-3-4-5-12(15)10-8-9(13)6-7-11(10)14/h6-8,12,15H,4-5H2,1H3. The first-order valence-corrected chi connectivity index (χ1v) is 5.05. The van der Waals surface area contributed by atoms with Crippen molar-refractivity contribution in [3.8, 4) is 11.8 Å². The lowest BCUT2D eigenvalue weighted by atomic mass is 10.0. The normalized spacial score (nSPS) is 11.7. The van der Waals surface area contributed by atoms with Crippen molar-refractivity contribution in [3.63, 3.8) is 0 Å². The van der Waals surface area contributed by atoms with E-state index in [0.717, 1.165) is 0 Å². The fraction of sp³-hybridized carbons (Fsp3) is 0.333. The van der Waals surface area contributed by atoms with E-state index in [1.54, 1.807) is 6.92 Å². The number of aliphatic hydroxyl groups excluding tert-OH is 1. The second-order valence-electron chi connectivity index (χ2n) is 3.15. The minimum Gasteiger partial charge on any atom is -0.388 e. The lowest BCUT2D eigenvalue weighted by Crippen LogP contribution is -2.00. The van der Waals surface area contributed by atoms with Crippen LogP contribution >= 0.6 is 11.6 Å². The van der Waals surface area contributed by atoms with Crippen molar-refractivity contribution in [2.24, 2.45) is 0 Å². The van der Waals surface area contributed by atoms with Crippen LogP contribution in [0.2, 0.25) is 5.02 Å². The molecule has 0 saturated heterocycles. The summed E-state index contributed by atoms with van der Waals surface area (Å²) in [7, 11) is 0. The molecule has 0 radical (unpaired) electrons. The van der Waals surface area contributed by atoms with Gasteiger partial charge in [-0.15, -0.1) is 11.8 Å². The molecule has 3 heteroatoms. The fourth-order valence-electron chi connectivity index (χ4n) is 1.26. The Balaban J connectivity index is 2.74. The van der Waals surface area contributed by atoms with Gasteiger partial charge in [-0.3, -0.25) is 0 Å². The molecule has 1 aromatic carbocycles. The zero-order valence-corrected chi connectivity index (χ0v) is 9.18. The molecule has 80 valence electrons. The largest absolute Gasteiger partial charge is 0.388 e. The molecule has 0 heterocycles. The summed E-state index contributed by atoms with van der Waals surface area (Å²) in [4.78, 5) is 0. The molecule has 1 unspecified atom stereocenters. The van der Waals surface area contributed by atoms with Crippen LogP contribution in [-0.4, -0.2) is 5.11 Å². The number of benzene rings is 1. The monoisotopic (exact) mass is 226 g/mol. The highest BCUT2D eigenvalue weighted by Crippen LogP contribution is 2.24. The SMILES string of the molecule is CC#CCCC(O)c1cc(Cl)ccc1F. The summed E-state index contributed by atoms with van der Waals surface area (Å²) in [5.74, 6) is 5.10. The molecule has 0 aliphatic heterocycles. The summed E-state index contributed by atoms with van der Waals surface area (Å²) in [6, 6.07) is 4.16. The van der Waals surface area contributed by atoms with Gasteiger partial charge in [0.25, 0.3) is 0 Å². The lowest BCUT2D eigenvalue weighted by Gasteiger charge is -2.10. The van der Waals surface area contributed by atoms with E-state index in [0.29, 0.717) is 17.9 Å². The minimum absolute atomic E-state index is 0.236. The van der Waals surface area contributed by atoms with Crippen LogP contribution in [0.25, 0.3) is 0 Å². The maximum atomic E-state index is 13.3. The first kappa shape index (κ1) is 12.0. The van der Waals surface area contributed by atoms with E-state index in [-0.39, 0.29) is 5.56 Å². The third-order valence-electron chi connectivity index (χ3n) is 2.04. The van der Waals surface area contributed by atoms with Crippen molar-refractivity contribution < 1.29 is 9.50 Å². The van der Waals surface area contributed by atoms with E-state index >= 15 is 0 Å². The van der Waals surface area contributed by atoms with Crippen molar-refractivity contribution in [1.29, 1.82) is 0 Å². The summed E-state index contributed by atoms with van der Waals surface area (Å²) in [6.07, 6.45) is 0.117. The Kier molecular flexibility index (Phi) is 4.61. The van der Waals surface area contributed by atoms with Crippen LogP contribution in [0.15, 0.2) is 18.2 Å². The van der Waals surface area contributed by atoms with Crippen LogP contribution in [-0.2, 0) is 0 Å². The summed E-state index contributed by atoms with van der Waals surface area (Å²) < 4.78 is 13.3. The highest BCUT2D eigenvalue weighted by Gasteiger charge is 2.12. The van der Waals surface area contributed by atoms with Gasteiger partial charge in [0.1, 0.15) is 5.82 Å². The van der Waals surface area contributed by atoms with Gasteiger partial charge in [-0.25, -0.2) is 4.39 Å². The van der Waals surface area contributed by atoms with E-state index in [4.69, 9.17) is 11.6 Å². The molecule has 1 N–H and O–H groups in total. The van der Waals surface area contributed by atoms with Crippen molar-refractivity contribution >= 4 is 11.6 Å². The molecule has 1 atom stereocenters. The van der Waals surface area contributed by atoms with E-state index in [2.05, 4.69) is 11.8 Å². The van der Waals surface area contributed by atoms with Gasteiger partial charge in [-0.1, -0.05) is 11.6 Å². The highest BCUT2D eigenvalue weighted by molar-refractivity contribution is 6.30. The maximum Gasteiger partial charge on any atom is 0.129 e. The summed E-state index contributed by atoms with van der Waals surface area (Å²) >= 11 is 5.72. The molecule has 0 aliphatic rings. The summed E-state index contributed by atoms with van der Waals surface area (Å²) in [6.45, 7) is 1.73. The van der Waals surface area contributed by atoms with Crippen LogP contribution in [0.5, 0.6) is 0 Å². The summed E-state index contributed by atoms with van der Waals surface area (Å²) in [5.41, 5.74) is 0.236. The van der Waals surface area contributed by atoms with Gasteiger partial charge < -0.3 is 5.11 Å². The molecule has 0 aromatic heterocycles. The van der Waals surface area contributed by atoms with Gasteiger partial charge in [0.05, 0.1) is 6.10 Å². The van der Waals surface area contributed by atoms with Gasteiger partial charge in [0.15, 0.2) is 0 Å². The number of hydrogen-bond donors (Lipinski definition) is 1. The topological polar surface area (TPSA) is 20.2 Å². The Hall–Kier alpha value is -1.04. The van der Waals surface area contributed by atoms with E-state index < -0.39 is 11.9 Å². The molecule has 1 nitrogen and oxygen atoms in total. The third-order valence-corrected chi connectivity index (χ3v) is 2.27. The minimum atomic E-state index is -0.843. The molecule has 15 heavy (non-hydrogen) atoms. The highest BCUT2D eigenvalue weighted by atomic mass is 35.5. The first-order valence-electron chi connectivity index (χ1n) is 4.67. The van der Waals surface area contributed by atoms with E-state index in [9.17, 15) is 9.50 Å². The van der Waals surface area contributed by atoms with Gasteiger partial charge in [0.2, 0.25) is 0 Å². The molecular weight excluding hydrogens is 215 g/mol. The Labute approximate surface area is 93.9 Å². The Morgan fingerprint density at radius 1 is 1.53 bits per heavy atom. The molecule has 0 saturated carbocycles. The van der Waals surface area contributed by atoms with Gasteiger partial charge in [-0.2, -0.15) is 0 Å². The maximum absolute atomic E-state index is 13.3. The van der Waals surface area contributed by atoms with Crippen LogP contribution in [0.4, 0.5) is 4.39 Å². The zero-order chi connectivity index (χ0) is 11.3. The van der Waals surface area contributed by atoms with Crippen LogP contribution in [0.1, 0.15) is 31.4 Å². The average Bonchev–Trinajstić information content (AvgIpc) is 2.22. The second-order valence-corrected chi connectivity index (χ2v) is 3.58. The fourth-order valence-corrected chi connectivity index (χ4v) is 1.44. The molecular formula is C12H12ClFO. The number of halogens is 2. The molecule has 0 bridgehead atoms. The van der Waals surface area contributed by atoms with Crippen LogP contribution in [0.3, 0.4) is 0 Å². The van der Waals surface area contributed by atoms with Crippen molar-refractivity contribution in [3.05, 3.63) is 34.6 Å². The average molecular weight is 227 g/mol. The zero-order valence-electron chi connectivity index (χ0n) is 8.43. The number of rotatable bonds is 3. The van der Waals surface area contributed by atoms with Gasteiger partial charge in [0, 0.05) is 17.0 Å². The molecule has 0 aliphatic carbocycles. The van der Waals surface area contributed by atoms with E-state index in [1.165, 1.54) is 18.2 Å². The Morgan fingerprint density at radius 2 is 2.27 bits per heavy atom. The van der Waals surface area contributed by atoms with E-state index in [1.807, 2.05) is 0 Å². The molecule has 0 amide bonds. The van der Waals surface area contributed by atoms with Crippen molar-refractivity contribution in [2.75, 3.05) is 0 Å². The van der Waals surface area contributed by atoms with Gasteiger partial charge in [-0.05, 0) is 31.5 Å². The van der Waals surface area contributed by atoms with Crippen LogP contribution in [0, 0.1) is 17.7 Å². The van der Waals surface area contributed by atoms with Crippen molar-refractivity contribution in [2.45, 2.75) is 25.9 Å². The quantitative estimate of drug-likeness (QED) is 0.784. The molecule has 0 spiro atoms. The third kappa shape index (κ3) is 3.54. The van der Waals surface area contributed by atoms with Crippen molar-refractivity contribution in [1.82, 2.24) is 0 Å². The smallest absolute Gasteiger partial charge is 0.129 e. The predicted octanol–water partition coefficient (Wildman–Crippen LogP) is 3.32. The Bertz CT molecular complexity index is 392. The number of aliphatic hydroxyl groups is 1. The number of hydrogen-bond acceptors (Lipinski definition) is 1. The molecule has 1 rings (SSSR count). The molecule has 1 aromatic rings. The second kappa shape index (κ2) is 5.75. The predicted molar refractivity (Wildman–Crippen MR) is 59.1 cm³/mol. The lowest BCUT2D eigenvalue weighted by molar-refractivity contribution is 0.165. The Morgan fingerprint density at radius 3 is 2.93 bits per heavy atom.